The summed E-state index contributed by atoms with van der Waals surface area (Å²) in [5.74, 6) is -1.55. The Hall–Kier alpha value is -3.35. The average Bonchev–Trinajstić information content (AvgIpc) is 3.26. The van der Waals surface area contributed by atoms with Crippen molar-refractivity contribution in [1.82, 2.24) is 10.2 Å². The Morgan fingerprint density at radius 2 is 1.73 bits per heavy atom. The van der Waals surface area contributed by atoms with Crippen molar-refractivity contribution < 1.29 is 24.2 Å². The lowest BCUT2D eigenvalue weighted by atomic mass is 9.95. The minimum Gasteiger partial charge on any atom is -0.481 e. The zero-order valence-electron chi connectivity index (χ0n) is 16.7. The highest BCUT2D eigenvalue weighted by atomic mass is 16.6. The third-order valence-electron chi connectivity index (χ3n) is 5.21. The van der Waals surface area contributed by atoms with Crippen LogP contribution in [0.2, 0.25) is 0 Å². The molecule has 1 aliphatic rings. The summed E-state index contributed by atoms with van der Waals surface area (Å²) in [6.07, 6.45) is 0.677. The fraction of sp³-hybridized carbons (Fsp3) is 0.348. The highest BCUT2D eigenvalue weighted by Gasteiger charge is 2.35. The van der Waals surface area contributed by atoms with Crippen LogP contribution in [0.5, 0.6) is 0 Å². The molecule has 0 bridgehead atoms. The number of rotatable bonds is 8. The first-order chi connectivity index (χ1) is 14.5. The van der Waals surface area contributed by atoms with E-state index in [0.717, 1.165) is 17.5 Å². The first kappa shape index (κ1) is 21.4. The number of carboxylic acids is 1. The van der Waals surface area contributed by atoms with E-state index in [2.05, 4.69) is 5.32 Å². The maximum Gasteiger partial charge on any atom is 0.410 e. The molecular formula is C23H26N2O5. The van der Waals surface area contributed by atoms with Gasteiger partial charge in [-0.2, -0.15) is 0 Å². The smallest absolute Gasteiger partial charge is 0.410 e. The molecule has 7 heteroatoms. The molecule has 3 rings (SSSR count). The molecule has 2 aromatic carbocycles. The van der Waals surface area contributed by atoms with Crippen molar-refractivity contribution in [2.24, 2.45) is 0 Å². The van der Waals surface area contributed by atoms with Gasteiger partial charge in [-0.25, -0.2) is 4.79 Å². The summed E-state index contributed by atoms with van der Waals surface area (Å²) < 4.78 is 5.37. The molecule has 158 valence electrons. The molecule has 0 aliphatic carbocycles. The molecule has 2 aromatic rings. The monoisotopic (exact) mass is 410 g/mol. The Bertz CT molecular complexity index is 856. The third-order valence-corrected chi connectivity index (χ3v) is 5.21. The topological polar surface area (TPSA) is 95.9 Å². The summed E-state index contributed by atoms with van der Waals surface area (Å²) in [6, 6.07) is 18.0. The molecule has 2 amide bonds. The van der Waals surface area contributed by atoms with Gasteiger partial charge in [-0.15, -0.1) is 0 Å². The summed E-state index contributed by atoms with van der Waals surface area (Å²) >= 11 is 0. The van der Waals surface area contributed by atoms with Crippen LogP contribution in [0.1, 0.15) is 36.3 Å². The van der Waals surface area contributed by atoms with Gasteiger partial charge >= 0.3 is 12.1 Å². The number of carbonyl (C=O) groups is 3. The summed E-state index contributed by atoms with van der Waals surface area (Å²) in [5, 5.41) is 12.0. The number of likely N-dealkylation sites (tertiary alicyclic amines) is 1. The molecular weight excluding hydrogens is 384 g/mol. The molecule has 0 unspecified atom stereocenters. The summed E-state index contributed by atoms with van der Waals surface area (Å²) in [4.78, 5) is 37.9. The van der Waals surface area contributed by atoms with E-state index in [0.29, 0.717) is 13.0 Å². The van der Waals surface area contributed by atoms with Crippen molar-refractivity contribution in [2.45, 2.75) is 37.8 Å². The van der Waals surface area contributed by atoms with E-state index in [9.17, 15) is 19.5 Å². The van der Waals surface area contributed by atoms with Gasteiger partial charge in [0.15, 0.2) is 0 Å². The average molecular weight is 410 g/mol. The van der Waals surface area contributed by atoms with Gasteiger partial charge in [0.1, 0.15) is 12.6 Å². The predicted molar refractivity (Wildman–Crippen MR) is 111 cm³/mol. The molecule has 0 spiro atoms. The number of amides is 2. The molecule has 0 saturated carbocycles. The van der Waals surface area contributed by atoms with Gasteiger partial charge in [-0.05, 0) is 24.0 Å². The van der Waals surface area contributed by atoms with E-state index in [1.165, 1.54) is 4.90 Å². The largest absolute Gasteiger partial charge is 0.481 e. The number of ether oxygens (including phenoxy) is 1. The zero-order valence-corrected chi connectivity index (χ0v) is 16.7. The van der Waals surface area contributed by atoms with Crippen molar-refractivity contribution in [3.8, 4) is 0 Å². The number of benzene rings is 2. The highest BCUT2D eigenvalue weighted by Crippen LogP contribution is 2.21. The minimum absolute atomic E-state index is 0.0855. The van der Waals surface area contributed by atoms with Crippen molar-refractivity contribution in [3.05, 3.63) is 71.8 Å². The van der Waals surface area contributed by atoms with E-state index < -0.39 is 18.1 Å². The fourth-order valence-corrected chi connectivity index (χ4v) is 3.65. The van der Waals surface area contributed by atoms with Gasteiger partial charge in [0.2, 0.25) is 5.91 Å². The predicted octanol–water partition coefficient (Wildman–Crippen LogP) is 3.16. The quantitative estimate of drug-likeness (QED) is 0.697. The van der Waals surface area contributed by atoms with Gasteiger partial charge < -0.3 is 15.2 Å². The second-order valence-corrected chi connectivity index (χ2v) is 7.34. The number of hydrogen-bond donors (Lipinski definition) is 2. The normalized spacial score (nSPS) is 16.7. The van der Waals surface area contributed by atoms with Crippen LogP contribution >= 0.6 is 0 Å². The van der Waals surface area contributed by atoms with Crippen LogP contribution in [0.4, 0.5) is 4.79 Å². The molecule has 0 radical (unpaired) electrons. The molecule has 2 atom stereocenters. The maximum atomic E-state index is 12.7. The van der Waals surface area contributed by atoms with Gasteiger partial charge in [0.25, 0.3) is 0 Å². The standard InChI is InChI=1S/C23H26N2O5/c26-21(27)14-19(18-10-5-2-6-11-18)15-24-22(28)20-12-7-13-25(20)23(29)30-16-17-8-3-1-4-9-17/h1-6,8-11,19-20H,7,12-16H2,(H,24,28)(H,26,27)/t19-,20+/m1/s1. The van der Waals surface area contributed by atoms with Crippen LogP contribution in [-0.4, -0.2) is 47.1 Å². The molecule has 7 nitrogen and oxygen atoms in total. The molecule has 2 N–H and O–H groups in total. The summed E-state index contributed by atoms with van der Waals surface area (Å²) in [7, 11) is 0. The van der Waals surface area contributed by atoms with Gasteiger partial charge in [-0.3, -0.25) is 14.5 Å². The third kappa shape index (κ3) is 5.83. The second-order valence-electron chi connectivity index (χ2n) is 7.34. The number of carboxylic acid groups (broad SMARTS) is 1. The van der Waals surface area contributed by atoms with E-state index in [1.807, 2.05) is 60.7 Å². The number of nitrogens with zero attached hydrogens (tertiary/aromatic N) is 1. The first-order valence-corrected chi connectivity index (χ1v) is 10.1. The minimum atomic E-state index is -0.926. The van der Waals surface area contributed by atoms with Gasteiger partial charge in [-0.1, -0.05) is 60.7 Å². The SMILES string of the molecule is O=C(O)C[C@H](CNC(=O)[C@@H]1CCCN1C(=O)OCc1ccccc1)c1ccccc1. The first-order valence-electron chi connectivity index (χ1n) is 10.1. The molecule has 1 aliphatic heterocycles. The number of aliphatic carboxylic acids is 1. The number of nitrogens with one attached hydrogen (secondary N) is 1. The van der Waals surface area contributed by atoms with Crippen molar-refractivity contribution in [1.29, 1.82) is 0 Å². The van der Waals surface area contributed by atoms with Crippen LogP contribution in [0.3, 0.4) is 0 Å². The van der Waals surface area contributed by atoms with Crippen molar-refractivity contribution in [2.75, 3.05) is 13.1 Å². The number of carbonyl (C=O) groups excluding carboxylic acids is 2. The summed E-state index contributed by atoms with van der Waals surface area (Å²) in [5.41, 5.74) is 1.73. The van der Waals surface area contributed by atoms with Crippen molar-refractivity contribution >= 4 is 18.0 Å². The van der Waals surface area contributed by atoms with Crippen LogP contribution in [0, 0.1) is 0 Å². The lowest BCUT2D eigenvalue weighted by Gasteiger charge is -2.24. The van der Waals surface area contributed by atoms with Crippen LogP contribution < -0.4 is 5.32 Å². The van der Waals surface area contributed by atoms with Crippen molar-refractivity contribution in [3.63, 3.8) is 0 Å². The zero-order chi connectivity index (χ0) is 21.3. The summed E-state index contributed by atoms with van der Waals surface area (Å²) in [6.45, 7) is 0.806. The fourth-order valence-electron chi connectivity index (χ4n) is 3.65. The Morgan fingerprint density at radius 1 is 1.07 bits per heavy atom. The van der Waals surface area contributed by atoms with E-state index >= 15 is 0 Å². The van der Waals surface area contributed by atoms with Crippen LogP contribution in [-0.2, 0) is 20.9 Å². The van der Waals surface area contributed by atoms with E-state index in [4.69, 9.17) is 4.74 Å². The van der Waals surface area contributed by atoms with Gasteiger partial charge in [0.05, 0.1) is 6.42 Å². The lowest BCUT2D eigenvalue weighted by Crippen LogP contribution is -2.47. The molecule has 1 fully saturated rings. The van der Waals surface area contributed by atoms with Gasteiger partial charge in [0, 0.05) is 19.0 Å². The molecule has 1 heterocycles. The van der Waals surface area contributed by atoms with E-state index in [1.54, 1.807) is 0 Å². The number of hydrogen-bond acceptors (Lipinski definition) is 4. The van der Waals surface area contributed by atoms with Crippen LogP contribution in [0.25, 0.3) is 0 Å². The molecule has 1 saturated heterocycles. The Balaban J connectivity index is 1.56. The van der Waals surface area contributed by atoms with E-state index in [-0.39, 0.29) is 31.4 Å². The maximum absolute atomic E-state index is 12.7. The Morgan fingerprint density at radius 3 is 2.40 bits per heavy atom. The highest BCUT2D eigenvalue weighted by molar-refractivity contribution is 5.86. The lowest BCUT2D eigenvalue weighted by molar-refractivity contribution is -0.137. The molecule has 0 aromatic heterocycles. The van der Waals surface area contributed by atoms with Crippen LogP contribution in [0.15, 0.2) is 60.7 Å². The molecule has 30 heavy (non-hydrogen) atoms. The Kier molecular flexibility index (Phi) is 7.43. The Labute approximate surface area is 175 Å². The second kappa shape index (κ2) is 10.4.